The van der Waals surface area contributed by atoms with E-state index >= 15 is 0 Å². The Labute approximate surface area is 194 Å². The van der Waals surface area contributed by atoms with E-state index in [4.69, 9.17) is 4.74 Å². The summed E-state index contributed by atoms with van der Waals surface area (Å²) >= 11 is 3.47. The fraction of sp³-hybridized carbons (Fsp3) is 0.500. The number of rotatable bonds is 7. The molecule has 0 spiro atoms. The van der Waals surface area contributed by atoms with Gasteiger partial charge in [-0.1, -0.05) is 53.0 Å². The van der Waals surface area contributed by atoms with Crippen molar-refractivity contribution in [2.45, 2.75) is 70.6 Å². The van der Waals surface area contributed by atoms with Crippen molar-refractivity contribution in [1.82, 2.24) is 4.90 Å². The highest BCUT2D eigenvalue weighted by Crippen LogP contribution is 2.39. The van der Waals surface area contributed by atoms with Gasteiger partial charge in [0, 0.05) is 28.7 Å². The van der Waals surface area contributed by atoms with Gasteiger partial charge in [0.25, 0.3) is 5.91 Å². The summed E-state index contributed by atoms with van der Waals surface area (Å²) in [4.78, 5) is 17.9. The third-order valence-electron chi connectivity index (χ3n) is 6.74. The maximum Gasteiger partial charge on any atom is 0.272 e. The Bertz CT molecular complexity index is 875. The minimum absolute atomic E-state index is 0.0271. The predicted octanol–water partition coefficient (Wildman–Crippen LogP) is 6.35. The zero-order valence-corrected chi connectivity index (χ0v) is 20.2. The number of fused-ring (bicyclic) bond motifs is 1. The van der Waals surface area contributed by atoms with E-state index in [1.54, 1.807) is 0 Å². The number of anilines is 1. The molecule has 4 nitrogen and oxygen atoms in total. The van der Waals surface area contributed by atoms with E-state index in [9.17, 15) is 4.79 Å². The molecule has 2 aromatic carbocycles. The number of amides is 1. The SMILES string of the molecule is CC1CCCC(C)N1CCCCCN1C(=O)C(c2ccc(Br)cc2)Oc2ccccc21. The number of halogens is 1. The lowest BCUT2D eigenvalue weighted by Crippen LogP contribution is -2.44. The van der Waals surface area contributed by atoms with Gasteiger partial charge in [0.1, 0.15) is 5.75 Å². The third kappa shape index (κ3) is 5.15. The number of nitrogens with zero attached hydrogens (tertiary/aromatic N) is 2. The van der Waals surface area contributed by atoms with Crippen LogP contribution in [0.15, 0.2) is 53.0 Å². The van der Waals surface area contributed by atoms with Crippen LogP contribution in [0, 0.1) is 0 Å². The van der Waals surface area contributed by atoms with Gasteiger partial charge in [0.2, 0.25) is 6.10 Å². The molecule has 5 heteroatoms. The fourth-order valence-corrected chi connectivity index (χ4v) is 5.22. The largest absolute Gasteiger partial charge is 0.474 e. The highest BCUT2D eigenvalue weighted by Gasteiger charge is 2.35. The molecule has 0 radical (unpaired) electrons. The Morgan fingerprint density at radius 1 is 0.935 bits per heavy atom. The summed E-state index contributed by atoms with van der Waals surface area (Å²) in [7, 11) is 0. The van der Waals surface area contributed by atoms with Gasteiger partial charge in [-0.15, -0.1) is 0 Å². The van der Waals surface area contributed by atoms with E-state index in [1.165, 1.54) is 25.7 Å². The van der Waals surface area contributed by atoms with Gasteiger partial charge in [-0.25, -0.2) is 0 Å². The molecular weight excluding hydrogens is 452 g/mol. The Morgan fingerprint density at radius 3 is 2.35 bits per heavy atom. The van der Waals surface area contributed by atoms with Crippen LogP contribution >= 0.6 is 15.9 Å². The topological polar surface area (TPSA) is 32.8 Å². The molecule has 2 aliphatic heterocycles. The minimum atomic E-state index is -0.585. The lowest BCUT2D eigenvalue weighted by Gasteiger charge is -2.39. The Hall–Kier alpha value is -1.85. The summed E-state index contributed by atoms with van der Waals surface area (Å²) in [6.45, 7) is 6.62. The maximum atomic E-state index is 13.4. The van der Waals surface area contributed by atoms with Gasteiger partial charge >= 0.3 is 0 Å². The normalized spacial score (nSPS) is 24.0. The Kier molecular flexibility index (Phi) is 7.34. The monoisotopic (exact) mass is 484 g/mol. The first-order chi connectivity index (χ1) is 15.0. The fourth-order valence-electron chi connectivity index (χ4n) is 4.95. The average molecular weight is 485 g/mol. The van der Waals surface area contributed by atoms with Gasteiger partial charge < -0.3 is 9.64 Å². The van der Waals surface area contributed by atoms with Gasteiger partial charge in [-0.05, 0) is 70.3 Å². The summed E-state index contributed by atoms with van der Waals surface area (Å²) in [5.74, 6) is 0.810. The first-order valence-corrected chi connectivity index (χ1v) is 12.4. The van der Waals surface area contributed by atoms with E-state index in [-0.39, 0.29) is 5.91 Å². The maximum absolute atomic E-state index is 13.4. The zero-order valence-electron chi connectivity index (χ0n) is 18.6. The van der Waals surface area contributed by atoms with Crippen molar-refractivity contribution in [2.75, 3.05) is 18.0 Å². The van der Waals surface area contributed by atoms with Crippen LogP contribution in [0.4, 0.5) is 5.69 Å². The molecule has 0 saturated carbocycles. The number of carbonyl (C=O) groups excluding carboxylic acids is 1. The number of para-hydroxylation sites is 2. The van der Waals surface area contributed by atoms with Crippen LogP contribution in [0.25, 0.3) is 0 Å². The molecule has 166 valence electrons. The average Bonchev–Trinajstić information content (AvgIpc) is 2.77. The van der Waals surface area contributed by atoms with Crippen molar-refractivity contribution in [2.24, 2.45) is 0 Å². The first kappa shape index (κ1) is 22.3. The second-order valence-electron chi connectivity index (χ2n) is 8.93. The molecule has 1 fully saturated rings. The van der Waals surface area contributed by atoms with Crippen LogP contribution in [-0.2, 0) is 4.79 Å². The molecule has 31 heavy (non-hydrogen) atoms. The molecule has 2 aliphatic rings. The van der Waals surface area contributed by atoms with Crippen LogP contribution in [0.3, 0.4) is 0 Å². The molecule has 1 saturated heterocycles. The van der Waals surface area contributed by atoms with Gasteiger partial charge in [-0.3, -0.25) is 9.69 Å². The molecule has 1 amide bonds. The highest BCUT2D eigenvalue weighted by atomic mass is 79.9. The van der Waals surface area contributed by atoms with Crippen LogP contribution in [0.2, 0.25) is 0 Å². The molecule has 0 bridgehead atoms. The van der Waals surface area contributed by atoms with Crippen molar-refractivity contribution >= 4 is 27.5 Å². The van der Waals surface area contributed by atoms with Crippen LogP contribution in [-0.4, -0.2) is 36.0 Å². The number of carbonyl (C=O) groups is 1. The molecule has 4 rings (SSSR count). The number of hydrogen-bond acceptors (Lipinski definition) is 3. The highest BCUT2D eigenvalue weighted by molar-refractivity contribution is 9.10. The standard InChI is InChI=1S/C26H33BrN2O2/c1-19-9-8-10-20(2)28(19)17-6-3-7-18-29-23-11-4-5-12-24(23)31-25(26(29)30)21-13-15-22(27)16-14-21/h4-5,11-16,19-20,25H,3,6-10,17-18H2,1-2H3. The van der Waals surface area contributed by atoms with Crippen LogP contribution in [0.5, 0.6) is 5.75 Å². The summed E-state index contributed by atoms with van der Waals surface area (Å²) in [5.41, 5.74) is 1.78. The Balaban J connectivity index is 1.38. The molecule has 2 heterocycles. The summed E-state index contributed by atoms with van der Waals surface area (Å²) < 4.78 is 7.11. The zero-order chi connectivity index (χ0) is 21.8. The van der Waals surface area contributed by atoms with Crippen molar-refractivity contribution in [3.63, 3.8) is 0 Å². The molecule has 0 N–H and O–H groups in total. The Morgan fingerprint density at radius 2 is 1.61 bits per heavy atom. The van der Waals surface area contributed by atoms with Gasteiger partial charge in [0.15, 0.2) is 0 Å². The van der Waals surface area contributed by atoms with Crippen molar-refractivity contribution in [1.29, 1.82) is 0 Å². The number of piperidine rings is 1. The van der Waals surface area contributed by atoms with E-state index in [0.29, 0.717) is 12.1 Å². The van der Waals surface area contributed by atoms with Crippen molar-refractivity contribution < 1.29 is 9.53 Å². The molecular formula is C26H33BrN2O2. The number of ether oxygens (including phenoxy) is 1. The van der Waals surface area contributed by atoms with Crippen LogP contribution in [0.1, 0.15) is 64.0 Å². The van der Waals surface area contributed by atoms with Gasteiger partial charge in [-0.2, -0.15) is 0 Å². The summed E-state index contributed by atoms with van der Waals surface area (Å²) in [6, 6.07) is 17.1. The summed E-state index contributed by atoms with van der Waals surface area (Å²) in [6.07, 6.45) is 6.73. The first-order valence-electron chi connectivity index (χ1n) is 11.6. The van der Waals surface area contributed by atoms with E-state index in [1.807, 2.05) is 53.4 Å². The quantitative estimate of drug-likeness (QED) is 0.429. The van der Waals surface area contributed by atoms with Crippen molar-refractivity contribution in [3.8, 4) is 5.75 Å². The number of likely N-dealkylation sites (tertiary alicyclic amines) is 1. The molecule has 3 unspecified atom stereocenters. The number of unbranched alkanes of at least 4 members (excludes halogenated alkanes) is 2. The van der Waals surface area contributed by atoms with E-state index in [0.717, 1.165) is 47.4 Å². The molecule has 0 aromatic heterocycles. The van der Waals surface area contributed by atoms with E-state index in [2.05, 4.69) is 34.7 Å². The predicted molar refractivity (Wildman–Crippen MR) is 130 cm³/mol. The lowest BCUT2D eigenvalue weighted by molar-refractivity contribution is -0.126. The second kappa shape index (κ2) is 10.2. The molecule has 0 aliphatic carbocycles. The summed E-state index contributed by atoms with van der Waals surface area (Å²) in [5, 5.41) is 0. The number of benzene rings is 2. The van der Waals surface area contributed by atoms with Crippen molar-refractivity contribution in [3.05, 3.63) is 58.6 Å². The molecule has 3 atom stereocenters. The van der Waals surface area contributed by atoms with Crippen LogP contribution < -0.4 is 9.64 Å². The number of hydrogen-bond donors (Lipinski definition) is 0. The molecule has 2 aromatic rings. The third-order valence-corrected chi connectivity index (χ3v) is 7.27. The van der Waals surface area contributed by atoms with E-state index < -0.39 is 6.10 Å². The minimum Gasteiger partial charge on any atom is -0.474 e. The van der Waals surface area contributed by atoms with Gasteiger partial charge in [0.05, 0.1) is 5.69 Å². The second-order valence-corrected chi connectivity index (χ2v) is 9.85. The smallest absolute Gasteiger partial charge is 0.272 e. The lowest BCUT2D eigenvalue weighted by atomic mass is 9.97.